The number of hydrogen-bond donors (Lipinski definition) is 2. The molecule has 5 nitrogen and oxygen atoms in total. The molecular weight excluding hydrogens is 352 g/mol. The van der Waals surface area contributed by atoms with E-state index in [2.05, 4.69) is 10.3 Å². The third kappa shape index (κ3) is 4.30. The molecule has 1 fully saturated rings. The quantitative estimate of drug-likeness (QED) is 0.576. The van der Waals surface area contributed by atoms with E-state index in [0.29, 0.717) is 30.2 Å². The van der Waals surface area contributed by atoms with E-state index in [4.69, 9.17) is 15.2 Å². The molecule has 1 aliphatic carbocycles. The summed E-state index contributed by atoms with van der Waals surface area (Å²) in [4.78, 5) is 4.32. The van der Waals surface area contributed by atoms with Gasteiger partial charge in [-0.15, -0.1) is 0 Å². The zero-order valence-corrected chi connectivity index (χ0v) is 15.4. The normalized spacial score (nSPS) is 15.3. The molecular formula is C20H23F2N3O2. The van der Waals surface area contributed by atoms with Crippen LogP contribution >= 0.6 is 0 Å². The number of methoxy groups -OCH3 is 2. The van der Waals surface area contributed by atoms with Crippen LogP contribution in [-0.2, 0) is 12.0 Å². The monoisotopic (exact) mass is 375 g/mol. The number of halogens is 2. The molecule has 2 aromatic carbocycles. The highest BCUT2D eigenvalue weighted by Gasteiger charge is 2.45. The standard InChI is InChI=1S/C20H23F2N3O2/c1-26-17-6-3-13(9-18(17)27-2)11-24-19(23)25-12-20(7-8-20)15-5-4-14(21)10-16(15)22/h3-6,9-10H,7-8,11-12H2,1-2H3,(H3,23,24,25). The average Bonchev–Trinajstić information content (AvgIpc) is 3.45. The molecule has 27 heavy (non-hydrogen) atoms. The second kappa shape index (κ2) is 7.82. The lowest BCUT2D eigenvalue weighted by Crippen LogP contribution is -2.37. The van der Waals surface area contributed by atoms with Crippen LogP contribution in [0.3, 0.4) is 0 Å². The SMILES string of the molecule is COc1ccc(CN=C(N)NCC2(c3ccc(F)cc3F)CC2)cc1OC. The first-order valence-electron chi connectivity index (χ1n) is 8.68. The molecule has 0 radical (unpaired) electrons. The number of nitrogens with two attached hydrogens (primary N) is 1. The van der Waals surface area contributed by atoms with Crippen LogP contribution in [0.5, 0.6) is 11.5 Å². The van der Waals surface area contributed by atoms with E-state index < -0.39 is 11.6 Å². The van der Waals surface area contributed by atoms with Gasteiger partial charge in [0.2, 0.25) is 0 Å². The number of nitrogens with one attached hydrogen (secondary N) is 1. The first-order chi connectivity index (χ1) is 13.0. The number of aliphatic imine (C=N–C) groups is 1. The van der Waals surface area contributed by atoms with Crippen molar-refractivity contribution in [2.75, 3.05) is 20.8 Å². The zero-order chi connectivity index (χ0) is 19.4. The van der Waals surface area contributed by atoms with Crippen LogP contribution in [0.1, 0.15) is 24.0 Å². The molecule has 0 amide bonds. The van der Waals surface area contributed by atoms with E-state index in [1.165, 1.54) is 12.1 Å². The molecule has 0 aromatic heterocycles. The predicted molar refractivity (Wildman–Crippen MR) is 100 cm³/mol. The van der Waals surface area contributed by atoms with E-state index in [0.717, 1.165) is 24.5 Å². The van der Waals surface area contributed by atoms with Crippen LogP contribution in [0, 0.1) is 11.6 Å². The van der Waals surface area contributed by atoms with Crippen molar-refractivity contribution in [2.24, 2.45) is 10.7 Å². The minimum absolute atomic E-state index is 0.276. The molecule has 1 aliphatic rings. The Kier molecular flexibility index (Phi) is 5.48. The third-order valence-electron chi connectivity index (χ3n) is 4.84. The van der Waals surface area contributed by atoms with Gasteiger partial charge in [-0.2, -0.15) is 0 Å². The first kappa shape index (κ1) is 18.9. The Balaban J connectivity index is 1.61. The molecule has 0 heterocycles. The summed E-state index contributed by atoms with van der Waals surface area (Å²) >= 11 is 0. The summed E-state index contributed by atoms with van der Waals surface area (Å²) in [5.74, 6) is 0.457. The Morgan fingerprint density at radius 3 is 2.48 bits per heavy atom. The van der Waals surface area contributed by atoms with Gasteiger partial charge in [0.05, 0.1) is 20.8 Å². The molecule has 0 spiro atoms. The number of guanidine groups is 1. The van der Waals surface area contributed by atoms with Crippen LogP contribution in [-0.4, -0.2) is 26.7 Å². The van der Waals surface area contributed by atoms with E-state index in [9.17, 15) is 8.78 Å². The van der Waals surface area contributed by atoms with Gasteiger partial charge in [0, 0.05) is 18.0 Å². The van der Waals surface area contributed by atoms with Crippen LogP contribution in [0.15, 0.2) is 41.4 Å². The molecule has 7 heteroatoms. The molecule has 0 saturated heterocycles. The minimum atomic E-state index is -0.573. The van der Waals surface area contributed by atoms with E-state index in [-0.39, 0.29) is 11.4 Å². The predicted octanol–water partition coefficient (Wildman–Crippen LogP) is 3.12. The zero-order valence-electron chi connectivity index (χ0n) is 15.4. The highest BCUT2D eigenvalue weighted by Crippen LogP contribution is 2.48. The summed E-state index contributed by atoms with van der Waals surface area (Å²) in [6, 6.07) is 9.25. The van der Waals surface area contributed by atoms with Gasteiger partial charge in [0.15, 0.2) is 17.5 Å². The molecule has 3 rings (SSSR count). The molecule has 0 aliphatic heterocycles. The minimum Gasteiger partial charge on any atom is -0.493 e. The van der Waals surface area contributed by atoms with Gasteiger partial charge in [0.25, 0.3) is 0 Å². The van der Waals surface area contributed by atoms with E-state index in [1.807, 2.05) is 18.2 Å². The second-order valence-electron chi connectivity index (χ2n) is 6.65. The Morgan fingerprint density at radius 2 is 1.85 bits per heavy atom. The Hall–Kier alpha value is -2.83. The van der Waals surface area contributed by atoms with E-state index in [1.54, 1.807) is 14.2 Å². The molecule has 0 atom stereocenters. The highest BCUT2D eigenvalue weighted by molar-refractivity contribution is 5.78. The van der Waals surface area contributed by atoms with Gasteiger partial charge in [-0.25, -0.2) is 13.8 Å². The maximum atomic E-state index is 14.1. The lowest BCUT2D eigenvalue weighted by atomic mass is 9.95. The lowest BCUT2D eigenvalue weighted by Gasteiger charge is -2.18. The maximum Gasteiger partial charge on any atom is 0.188 e. The van der Waals surface area contributed by atoms with Crippen molar-refractivity contribution in [2.45, 2.75) is 24.8 Å². The topological polar surface area (TPSA) is 68.9 Å². The first-order valence-corrected chi connectivity index (χ1v) is 8.68. The van der Waals surface area contributed by atoms with Crippen LogP contribution < -0.4 is 20.5 Å². The lowest BCUT2D eigenvalue weighted by molar-refractivity contribution is 0.354. The largest absolute Gasteiger partial charge is 0.493 e. The number of hydrogen-bond acceptors (Lipinski definition) is 3. The van der Waals surface area contributed by atoms with Gasteiger partial charge in [-0.05, 0) is 42.2 Å². The van der Waals surface area contributed by atoms with Crippen molar-refractivity contribution in [3.63, 3.8) is 0 Å². The highest BCUT2D eigenvalue weighted by atomic mass is 19.1. The maximum absolute atomic E-state index is 14.1. The van der Waals surface area contributed by atoms with Gasteiger partial charge in [-0.3, -0.25) is 0 Å². The summed E-state index contributed by atoms with van der Waals surface area (Å²) in [5.41, 5.74) is 7.04. The summed E-state index contributed by atoms with van der Waals surface area (Å²) in [6.45, 7) is 0.827. The molecule has 144 valence electrons. The molecule has 0 unspecified atom stereocenters. The smallest absolute Gasteiger partial charge is 0.188 e. The number of rotatable bonds is 7. The number of ether oxygens (including phenoxy) is 2. The molecule has 2 aromatic rings. The van der Waals surface area contributed by atoms with Crippen LogP contribution in [0.4, 0.5) is 8.78 Å². The summed E-state index contributed by atoms with van der Waals surface area (Å²) in [5, 5.41) is 3.06. The fourth-order valence-corrected chi connectivity index (χ4v) is 3.08. The molecule has 3 N–H and O–H groups in total. The van der Waals surface area contributed by atoms with Crippen molar-refractivity contribution in [1.29, 1.82) is 0 Å². The fraction of sp³-hybridized carbons (Fsp3) is 0.350. The van der Waals surface area contributed by atoms with Crippen molar-refractivity contribution in [1.82, 2.24) is 5.32 Å². The Morgan fingerprint density at radius 1 is 1.11 bits per heavy atom. The summed E-state index contributed by atoms with van der Waals surface area (Å²) < 4.78 is 37.7. The molecule has 1 saturated carbocycles. The van der Waals surface area contributed by atoms with Gasteiger partial charge >= 0.3 is 0 Å². The summed E-state index contributed by atoms with van der Waals surface area (Å²) in [6.07, 6.45) is 1.65. The summed E-state index contributed by atoms with van der Waals surface area (Å²) in [7, 11) is 3.15. The van der Waals surface area contributed by atoms with Crippen molar-refractivity contribution >= 4 is 5.96 Å². The Labute approximate surface area is 157 Å². The molecule has 0 bridgehead atoms. The van der Waals surface area contributed by atoms with E-state index >= 15 is 0 Å². The van der Waals surface area contributed by atoms with Crippen molar-refractivity contribution in [3.8, 4) is 11.5 Å². The van der Waals surface area contributed by atoms with Gasteiger partial charge in [-0.1, -0.05) is 12.1 Å². The van der Waals surface area contributed by atoms with Crippen LogP contribution in [0.2, 0.25) is 0 Å². The third-order valence-corrected chi connectivity index (χ3v) is 4.84. The van der Waals surface area contributed by atoms with Crippen molar-refractivity contribution < 1.29 is 18.3 Å². The van der Waals surface area contributed by atoms with Gasteiger partial charge < -0.3 is 20.5 Å². The average molecular weight is 375 g/mol. The van der Waals surface area contributed by atoms with Gasteiger partial charge in [0.1, 0.15) is 11.6 Å². The second-order valence-corrected chi connectivity index (χ2v) is 6.65. The van der Waals surface area contributed by atoms with Crippen molar-refractivity contribution in [3.05, 3.63) is 59.2 Å². The Bertz CT molecular complexity index is 851. The number of nitrogens with zero attached hydrogens (tertiary/aromatic N) is 1. The number of benzene rings is 2. The van der Waals surface area contributed by atoms with Crippen LogP contribution in [0.25, 0.3) is 0 Å². The fourth-order valence-electron chi connectivity index (χ4n) is 3.08.